The van der Waals surface area contributed by atoms with Gasteiger partial charge < -0.3 is 20.3 Å². The SMILES string of the molecule is CC1CCCC(C(=O)NC(C)C(=O)N2CCOCC2)N1. The van der Waals surface area contributed by atoms with Gasteiger partial charge in [0.15, 0.2) is 0 Å². The Labute approximate surface area is 120 Å². The molecule has 0 radical (unpaired) electrons. The highest BCUT2D eigenvalue weighted by atomic mass is 16.5. The van der Waals surface area contributed by atoms with Gasteiger partial charge in [-0.05, 0) is 33.1 Å². The number of carbonyl (C=O) groups excluding carboxylic acids is 2. The summed E-state index contributed by atoms with van der Waals surface area (Å²) in [5.74, 6) is -0.0869. The van der Waals surface area contributed by atoms with E-state index in [0.29, 0.717) is 32.3 Å². The number of rotatable bonds is 3. The predicted octanol–water partition coefficient (Wildman–Crippen LogP) is -0.119. The predicted molar refractivity (Wildman–Crippen MR) is 75.2 cm³/mol. The quantitative estimate of drug-likeness (QED) is 0.757. The first-order valence-corrected chi connectivity index (χ1v) is 7.51. The molecule has 2 aliphatic heterocycles. The van der Waals surface area contributed by atoms with Crippen LogP contribution in [0, 0.1) is 0 Å². The number of hydrogen-bond donors (Lipinski definition) is 2. The third kappa shape index (κ3) is 3.93. The fourth-order valence-electron chi connectivity index (χ4n) is 2.78. The van der Waals surface area contributed by atoms with Crippen molar-refractivity contribution in [2.45, 2.75) is 51.2 Å². The van der Waals surface area contributed by atoms with Crippen LogP contribution in [0.1, 0.15) is 33.1 Å². The molecule has 2 saturated heterocycles. The second-order valence-electron chi connectivity index (χ2n) is 5.72. The molecule has 0 aromatic rings. The first kappa shape index (κ1) is 15.3. The highest BCUT2D eigenvalue weighted by Gasteiger charge is 2.28. The van der Waals surface area contributed by atoms with Gasteiger partial charge in [-0.1, -0.05) is 0 Å². The van der Waals surface area contributed by atoms with E-state index < -0.39 is 6.04 Å². The van der Waals surface area contributed by atoms with Crippen LogP contribution in [0.3, 0.4) is 0 Å². The number of amides is 2. The van der Waals surface area contributed by atoms with Crippen LogP contribution in [0.4, 0.5) is 0 Å². The molecule has 2 heterocycles. The Morgan fingerprint density at radius 3 is 2.65 bits per heavy atom. The summed E-state index contributed by atoms with van der Waals surface area (Å²) in [5.41, 5.74) is 0. The molecular weight excluding hydrogens is 258 g/mol. The molecule has 6 heteroatoms. The molecule has 0 aromatic carbocycles. The van der Waals surface area contributed by atoms with Crippen molar-refractivity contribution in [2.24, 2.45) is 0 Å². The lowest BCUT2D eigenvalue weighted by atomic mass is 9.99. The van der Waals surface area contributed by atoms with Gasteiger partial charge in [0, 0.05) is 19.1 Å². The van der Waals surface area contributed by atoms with Crippen LogP contribution in [0.5, 0.6) is 0 Å². The summed E-state index contributed by atoms with van der Waals surface area (Å²) in [4.78, 5) is 26.1. The molecule has 0 spiro atoms. The fourth-order valence-corrected chi connectivity index (χ4v) is 2.78. The smallest absolute Gasteiger partial charge is 0.245 e. The average Bonchev–Trinajstić information content (AvgIpc) is 2.47. The summed E-state index contributed by atoms with van der Waals surface area (Å²) in [6, 6.07) is -0.275. The Kier molecular flexibility index (Phi) is 5.37. The van der Waals surface area contributed by atoms with Gasteiger partial charge in [-0.2, -0.15) is 0 Å². The Hall–Kier alpha value is -1.14. The minimum atomic E-state index is -0.473. The Morgan fingerprint density at radius 1 is 1.30 bits per heavy atom. The minimum absolute atomic E-state index is 0.0227. The van der Waals surface area contributed by atoms with Gasteiger partial charge in [0.25, 0.3) is 0 Å². The molecule has 3 atom stereocenters. The van der Waals surface area contributed by atoms with Gasteiger partial charge in [-0.15, -0.1) is 0 Å². The van der Waals surface area contributed by atoms with E-state index in [9.17, 15) is 9.59 Å². The molecule has 2 rings (SSSR count). The molecule has 114 valence electrons. The summed E-state index contributed by atoms with van der Waals surface area (Å²) < 4.78 is 5.23. The molecule has 2 aliphatic rings. The maximum Gasteiger partial charge on any atom is 0.245 e. The van der Waals surface area contributed by atoms with Gasteiger partial charge in [-0.25, -0.2) is 0 Å². The molecule has 6 nitrogen and oxygen atoms in total. The lowest BCUT2D eigenvalue weighted by molar-refractivity contribution is -0.139. The van der Waals surface area contributed by atoms with Crippen molar-refractivity contribution in [3.63, 3.8) is 0 Å². The molecule has 0 bridgehead atoms. The Morgan fingerprint density at radius 2 is 2.00 bits per heavy atom. The van der Waals surface area contributed by atoms with Crippen LogP contribution < -0.4 is 10.6 Å². The van der Waals surface area contributed by atoms with Gasteiger partial charge in [0.05, 0.1) is 19.3 Å². The molecule has 20 heavy (non-hydrogen) atoms. The minimum Gasteiger partial charge on any atom is -0.378 e. The van der Waals surface area contributed by atoms with Crippen LogP contribution >= 0.6 is 0 Å². The van der Waals surface area contributed by atoms with E-state index in [1.807, 2.05) is 0 Å². The molecule has 0 aliphatic carbocycles. The van der Waals surface area contributed by atoms with E-state index in [1.165, 1.54) is 0 Å². The zero-order chi connectivity index (χ0) is 14.5. The van der Waals surface area contributed by atoms with E-state index in [0.717, 1.165) is 19.3 Å². The summed E-state index contributed by atoms with van der Waals surface area (Å²) in [7, 11) is 0. The molecule has 0 aromatic heterocycles. The second-order valence-corrected chi connectivity index (χ2v) is 5.72. The second kappa shape index (κ2) is 7.04. The van der Waals surface area contributed by atoms with Crippen LogP contribution in [0.25, 0.3) is 0 Å². The molecule has 2 N–H and O–H groups in total. The van der Waals surface area contributed by atoms with E-state index in [2.05, 4.69) is 17.6 Å². The topological polar surface area (TPSA) is 70.7 Å². The highest BCUT2D eigenvalue weighted by Crippen LogP contribution is 2.12. The monoisotopic (exact) mass is 283 g/mol. The van der Waals surface area contributed by atoms with E-state index >= 15 is 0 Å². The van der Waals surface area contributed by atoms with Crippen LogP contribution in [0.15, 0.2) is 0 Å². The number of carbonyl (C=O) groups is 2. The van der Waals surface area contributed by atoms with Crippen LogP contribution in [0.2, 0.25) is 0 Å². The largest absolute Gasteiger partial charge is 0.378 e. The maximum absolute atomic E-state index is 12.2. The number of hydrogen-bond acceptors (Lipinski definition) is 4. The van der Waals surface area contributed by atoms with Gasteiger partial charge in [0.2, 0.25) is 11.8 Å². The van der Waals surface area contributed by atoms with E-state index in [-0.39, 0.29) is 17.9 Å². The van der Waals surface area contributed by atoms with Gasteiger partial charge in [0.1, 0.15) is 6.04 Å². The summed E-state index contributed by atoms with van der Waals surface area (Å²) in [6.07, 6.45) is 3.00. The molecule has 2 fully saturated rings. The number of nitrogens with one attached hydrogen (secondary N) is 2. The summed E-state index contributed by atoms with van der Waals surface area (Å²) in [6.45, 7) is 6.21. The standard InChI is InChI=1S/C14H25N3O3/c1-10-4-3-5-12(15-10)13(18)16-11(2)14(19)17-6-8-20-9-7-17/h10-12,15H,3-9H2,1-2H3,(H,16,18). The van der Waals surface area contributed by atoms with Crippen LogP contribution in [-0.4, -0.2) is 61.1 Å². The summed E-state index contributed by atoms with van der Waals surface area (Å²) in [5, 5.41) is 6.12. The zero-order valence-corrected chi connectivity index (χ0v) is 12.4. The lowest BCUT2D eigenvalue weighted by Crippen LogP contribution is -2.56. The van der Waals surface area contributed by atoms with Gasteiger partial charge in [-0.3, -0.25) is 9.59 Å². The van der Waals surface area contributed by atoms with Gasteiger partial charge >= 0.3 is 0 Å². The molecular formula is C14H25N3O3. The van der Waals surface area contributed by atoms with Crippen molar-refractivity contribution < 1.29 is 14.3 Å². The van der Waals surface area contributed by atoms with Crippen molar-refractivity contribution in [1.82, 2.24) is 15.5 Å². The van der Waals surface area contributed by atoms with E-state index in [1.54, 1.807) is 11.8 Å². The number of nitrogens with zero attached hydrogens (tertiary/aromatic N) is 1. The fraction of sp³-hybridized carbons (Fsp3) is 0.857. The van der Waals surface area contributed by atoms with Crippen molar-refractivity contribution in [3.05, 3.63) is 0 Å². The third-order valence-corrected chi connectivity index (χ3v) is 3.98. The summed E-state index contributed by atoms with van der Waals surface area (Å²) >= 11 is 0. The van der Waals surface area contributed by atoms with Crippen molar-refractivity contribution in [3.8, 4) is 0 Å². The number of piperidine rings is 1. The molecule has 2 amide bonds. The van der Waals surface area contributed by atoms with Crippen LogP contribution in [-0.2, 0) is 14.3 Å². The molecule has 3 unspecified atom stereocenters. The average molecular weight is 283 g/mol. The van der Waals surface area contributed by atoms with Crippen molar-refractivity contribution in [2.75, 3.05) is 26.3 Å². The Balaban J connectivity index is 1.81. The Bertz CT molecular complexity index is 356. The number of morpholine rings is 1. The van der Waals surface area contributed by atoms with Crippen molar-refractivity contribution >= 4 is 11.8 Å². The lowest BCUT2D eigenvalue weighted by Gasteiger charge is -2.31. The molecule has 0 saturated carbocycles. The third-order valence-electron chi connectivity index (χ3n) is 3.98. The van der Waals surface area contributed by atoms with E-state index in [4.69, 9.17) is 4.74 Å². The highest BCUT2D eigenvalue weighted by molar-refractivity contribution is 5.89. The zero-order valence-electron chi connectivity index (χ0n) is 12.4. The first-order valence-electron chi connectivity index (χ1n) is 7.51. The number of ether oxygens (including phenoxy) is 1. The normalized spacial score (nSPS) is 28.8. The maximum atomic E-state index is 12.2. The van der Waals surface area contributed by atoms with Crippen molar-refractivity contribution in [1.29, 1.82) is 0 Å². The first-order chi connectivity index (χ1) is 9.58.